The number of hydrogen-bond acceptors (Lipinski definition) is 3. The van der Waals surface area contributed by atoms with Crippen molar-refractivity contribution in [3.63, 3.8) is 0 Å². The topological polar surface area (TPSA) is 58.6 Å². The van der Waals surface area contributed by atoms with Crippen molar-refractivity contribution in [1.82, 2.24) is 10.2 Å². The molecule has 2 amide bonds. The van der Waals surface area contributed by atoms with Gasteiger partial charge in [0.1, 0.15) is 11.1 Å². The van der Waals surface area contributed by atoms with E-state index in [9.17, 15) is 9.59 Å². The molecule has 0 aromatic carbocycles. The Bertz CT molecular complexity index is 373. The van der Waals surface area contributed by atoms with Crippen molar-refractivity contribution in [2.75, 3.05) is 20.3 Å². The first-order chi connectivity index (χ1) is 8.94. The van der Waals surface area contributed by atoms with Crippen molar-refractivity contribution >= 4 is 11.8 Å². The van der Waals surface area contributed by atoms with Crippen molar-refractivity contribution in [3.05, 3.63) is 0 Å². The molecule has 1 N–H and O–H groups in total. The number of carbonyl (C=O) groups excluding carboxylic acids is 2. The molecule has 2 aliphatic rings. The molecular formula is C14H24N2O3. The summed E-state index contributed by atoms with van der Waals surface area (Å²) in [5.41, 5.74) is -1.45. The van der Waals surface area contributed by atoms with Gasteiger partial charge in [-0.05, 0) is 26.7 Å². The molecule has 1 saturated heterocycles. The minimum absolute atomic E-state index is 0.00560. The van der Waals surface area contributed by atoms with Crippen LogP contribution in [0.15, 0.2) is 0 Å². The Morgan fingerprint density at radius 2 is 1.84 bits per heavy atom. The van der Waals surface area contributed by atoms with E-state index in [0.29, 0.717) is 13.2 Å². The van der Waals surface area contributed by atoms with Gasteiger partial charge in [0.2, 0.25) is 11.8 Å². The quantitative estimate of drug-likeness (QED) is 0.833. The Morgan fingerprint density at radius 3 is 2.42 bits per heavy atom. The van der Waals surface area contributed by atoms with E-state index in [2.05, 4.69) is 5.32 Å². The summed E-state index contributed by atoms with van der Waals surface area (Å²) in [5, 5.41) is 2.90. The van der Waals surface area contributed by atoms with Crippen molar-refractivity contribution in [2.45, 2.75) is 57.0 Å². The molecule has 0 radical (unpaired) electrons. The van der Waals surface area contributed by atoms with Gasteiger partial charge in [0.15, 0.2) is 0 Å². The zero-order valence-corrected chi connectivity index (χ0v) is 12.1. The second-order valence-electron chi connectivity index (χ2n) is 6.12. The number of nitrogens with zero attached hydrogens (tertiary/aromatic N) is 1. The summed E-state index contributed by atoms with van der Waals surface area (Å²) < 4.78 is 5.10. The van der Waals surface area contributed by atoms with Gasteiger partial charge >= 0.3 is 0 Å². The third-order valence-electron chi connectivity index (χ3n) is 4.34. The molecule has 5 heteroatoms. The number of hydrogen-bond donors (Lipinski definition) is 1. The number of nitrogens with one attached hydrogen (secondary N) is 1. The summed E-state index contributed by atoms with van der Waals surface area (Å²) in [4.78, 5) is 27.0. The van der Waals surface area contributed by atoms with Crippen molar-refractivity contribution in [2.24, 2.45) is 0 Å². The van der Waals surface area contributed by atoms with Gasteiger partial charge in [-0.3, -0.25) is 9.59 Å². The van der Waals surface area contributed by atoms with Gasteiger partial charge in [-0.15, -0.1) is 0 Å². The Balaban J connectivity index is 2.32. The smallest absolute Gasteiger partial charge is 0.248 e. The van der Waals surface area contributed by atoms with E-state index in [1.165, 1.54) is 0 Å². The maximum atomic E-state index is 12.6. The maximum Gasteiger partial charge on any atom is 0.248 e. The van der Waals surface area contributed by atoms with Crippen molar-refractivity contribution in [1.29, 1.82) is 0 Å². The van der Waals surface area contributed by atoms with Gasteiger partial charge in [0, 0.05) is 13.7 Å². The van der Waals surface area contributed by atoms with Gasteiger partial charge < -0.3 is 15.0 Å². The molecular weight excluding hydrogens is 244 g/mol. The van der Waals surface area contributed by atoms with E-state index in [4.69, 9.17) is 4.74 Å². The molecule has 1 aliphatic carbocycles. The summed E-state index contributed by atoms with van der Waals surface area (Å²) in [6.45, 7) is 4.49. The first kappa shape index (κ1) is 14.3. The van der Waals surface area contributed by atoms with Crippen LogP contribution in [0.3, 0.4) is 0 Å². The molecule has 0 atom stereocenters. The van der Waals surface area contributed by atoms with Crippen LogP contribution in [-0.4, -0.2) is 48.1 Å². The van der Waals surface area contributed by atoms with Crippen LogP contribution in [0.2, 0.25) is 0 Å². The minimum atomic E-state index is -0.812. The fraction of sp³-hybridized carbons (Fsp3) is 0.857. The first-order valence-electron chi connectivity index (χ1n) is 7.08. The summed E-state index contributed by atoms with van der Waals surface area (Å²) in [6, 6.07) is 0. The number of methoxy groups -OCH3 is 1. The van der Waals surface area contributed by atoms with E-state index in [0.717, 1.165) is 32.1 Å². The van der Waals surface area contributed by atoms with Crippen LogP contribution in [0.1, 0.15) is 46.0 Å². The number of carbonyl (C=O) groups is 2. The second kappa shape index (κ2) is 5.12. The lowest BCUT2D eigenvalue weighted by atomic mass is 9.76. The van der Waals surface area contributed by atoms with Gasteiger partial charge in [0.05, 0.1) is 6.61 Å². The van der Waals surface area contributed by atoms with Crippen LogP contribution in [0.25, 0.3) is 0 Å². The van der Waals surface area contributed by atoms with Crippen LogP contribution in [-0.2, 0) is 14.3 Å². The van der Waals surface area contributed by atoms with Crippen LogP contribution in [0.5, 0.6) is 0 Å². The molecule has 0 aromatic rings. The van der Waals surface area contributed by atoms with Crippen molar-refractivity contribution < 1.29 is 14.3 Å². The highest BCUT2D eigenvalue weighted by atomic mass is 16.5. The lowest BCUT2D eigenvalue weighted by Gasteiger charge is -2.52. The highest BCUT2D eigenvalue weighted by Gasteiger charge is 2.54. The minimum Gasteiger partial charge on any atom is -0.383 e. The van der Waals surface area contributed by atoms with E-state index >= 15 is 0 Å². The Hall–Kier alpha value is -1.10. The Morgan fingerprint density at radius 1 is 1.21 bits per heavy atom. The normalized spacial score (nSPS) is 25.5. The van der Waals surface area contributed by atoms with Crippen molar-refractivity contribution in [3.8, 4) is 0 Å². The standard InChI is InChI=1S/C14H24N2O3/c1-13(2)12(18)16(9-10-19-3)14(11(17)15-13)7-5-4-6-8-14/h4-10H2,1-3H3,(H,15,17). The molecule has 2 rings (SSSR count). The van der Waals surface area contributed by atoms with Gasteiger partial charge in [0.25, 0.3) is 0 Å². The molecule has 19 heavy (non-hydrogen) atoms. The van der Waals surface area contributed by atoms with Gasteiger partial charge in [-0.1, -0.05) is 19.3 Å². The average molecular weight is 268 g/mol. The predicted octanol–water partition coefficient (Wildman–Crippen LogP) is 1.07. The lowest BCUT2D eigenvalue weighted by Crippen LogP contribution is -2.74. The molecule has 5 nitrogen and oxygen atoms in total. The largest absolute Gasteiger partial charge is 0.383 e. The lowest BCUT2D eigenvalue weighted by molar-refractivity contribution is -0.165. The summed E-state index contributed by atoms with van der Waals surface area (Å²) in [5.74, 6) is 0.0129. The summed E-state index contributed by atoms with van der Waals surface area (Å²) >= 11 is 0. The SMILES string of the molecule is COCCN1C(=O)C(C)(C)NC(=O)C12CCCCC2. The zero-order valence-electron chi connectivity index (χ0n) is 12.1. The molecule has 0 bridgehead atoms. The average Bonchev–Trinajstić information content (AvgIpc) is 2.38. The predicted molar refractivity (Wildman–Crippen MR) is 71.6 cm³/mol. The van der Waals surface area contributed by atoms with E-state index in [1.54, 1.807) is 25.9 Å². The third kappa shape index (κ3) is 2.36. The monoisotopic (exact) mass is 268 g/mol. The molecule has 1 heterocycles. The number of piperazine rings is 1. The van der Waals surface area contributed by atoms with Crippen LogP contribution in [0.4, 0.5) is 0 Å². The summed E-state index contributed by atoms with van der Waals surface area (Å²) in [7, 11) is 1.62. The van der Waals surface area contributed by atoms with Crippen LogP contribution in [0, 0.1) is 0 Å². The first-order valence-corrected chi connectivity index (χ1v) is 7.08. The van der Waals surface area contributed by atoms with Crippen LogP contribution < -0.4 is 5.32 Å². The summed E-state index contributed by atoms with van der Waals surface area (Å²) in [6.07, 6.45) is 4.69. The second-order valence-corrected chi connectivity index (χ2v) is 6.12. The molecule has 0 aromatic heterocycles. The maximum absolute atomic E-state index is 12.6. The molecule has 2 fully saturated rings. The highest BCUT2D eigenvalue weighted by Crippen LogP contribution is 2.38. The third-order valence-corrected chi connectivity index (χ3v) is 4.34. The number of rotatable bonds is 3. The fourth-order valence-corrected chi connectivity index (χ4v) is 3.24. The van der Waals surface area contributed by atoms with E-state index in [-0.39, 0.29) is 11.8 Å². The van der Waals surface area contributed by atoms with E-state index in [1.807, 2.05) is 0 Å². The zero-order chi connectivity index (χ0) is 14.1. The van der Waals surface area contributed by atoms with E-state index < -0.39 is 11.1 Å². The molecule has 1 saturated carbocycles. The molecule has 1 aliphatic heterocycles. The van der Waals surface area contributed by atoms with Crippen LogP contribution >= 0.6 is 0 Å². The highest BCUT2D eigenvalue weighted by molar-refractivity contribution is 6.01. The molecule has 108 valence electrons. The molecule has 0 unspecified atom stereocenters. The number of ether oxygens (including phenoxy) is 1. The Kier molecular flexibility index (Phi) is 3.85. The Labute approximate surface area is 114 Å². The molecule has 1 spiro atoms. The number of amides is 2. The fourth-order valence-electron chi connectivity index (χ4n) is 3.24. The van der Waals surface area contributed by atoms with Gasteiger partial charge in [-0.2, -0.15) is 0 Å². The van der Waals surface area contributed by atoms with Gasteiger partial charge in [-0.25, -0.2) is 0 Å².